The smallest absolute Gasteiger partial charge is 0.311 e. The topological polar surface area (TPSA) is 49.8 Å². The van der Waals surface area contributed by atoms with Gasteiger partial charge in [-0.1, -0.05) is 17.7 Å². The number of benzene rings is 1. The van der Waals surface area contributed by atoms with E-state index in [0.717, 1.165) is 4.90 Å². The average Bonchev–Trinajstić information content (AvgIpc) is 2.42. The van der Waals surface area contributed by atoms with Gasteiger partial charge in [-0.25, -0.2) is 4.31 Å². The third-order valence-electron chi connectivity index (χ3n) is 3.71. The van der Waals surface area contributed by atoms with Gasteiger partial charge in [0.25, 0.3) is 0 Å². The SMILES string of the molecule is Cc1ccc(SN(C)CC2(C(=O)O)CCOCC2)cc1. The zero-order chi connectivity index (χ0) is 14.6. The van der Waals surface area contributed by atoms with E-state index in [-0.39, 0.29) is 0 Å². The minimum absolute atomic E-state index is 0.532. The standard InChI is InChI=1S/C15H21NO3S/c1-12-3-5-13(6-4-12)20-16(2)11-15(14(17)18)7-9-19-10-8-15/h3-6H,7-11H2,1-2H3,(H,17,18). The van der Waals surface area contributed by atoms with Gasteiger partial charge in [0.05, 0.1) is 5.41 Å². The van der Waals surface area contributed by atoms with Crippen LogP contribution in [0.3, 0.4) is 0 Å². The first-order chi connectivity index (χ1) is 9.52. The molecule has 20 heavy (non-hydrogen) atoms. The second-order valence-electron chi connectivity index (χ2n) is 5.39. The van der Waals surface area contributed by atoms with Gasteiger partial charge in [-0.05, 0) is 50.9 Å². The number of aliphatic carboxylic acids is 1. The van der Waals surface area contributed by atoms with E-state index in [1.807, 2.05) is 11.4 Å². The van der Waals surface area contributed by atoms with E-state index in [0.29, 0.717) is 32.6 Å². The molecule has 1 aromatic rings. The Labute approximate surface area is 124 Å². The van der Waals surface area contributed by atoms with E-state index in [1.165, 1.54) is 5.56 Å². The van der Waals surface area contributed by atoms with Gasteiger partial charge in [0.1, 0.15) is 0 Å². The number of carbonyl (C=O) groups is 1. The largest absolute Gasteiger partial charge is 0.481 e. The Balaban J connectivity index is 1.99. The number of carboxylic acid groups (broad SMARTS) is 1. The summed E-state index contributed by atoms with van der Waals surface area (Å²) in [5.41, 5.74) is 0.550. The van der Waals surface area contributed by atoms with Gasteiger partial charge in [-0.3, -0.25) is 4.79 Å². The van der Waals surface area contributed by atoms with E-state index in [9.17, 15) is 9.90 Å². The van der Waals surface area contributed by atoms with Crippen molar-refractivity contribution in [2.75, 3.05) is 26.8 Å². The number of hydrogen-bond donors (Lipinski definition) is 1. The summed E-state index contributed by atoms with van der Waals surface area (Å²) in [6.07, 6.45) is 1.17. The van der Waals surface area contributed by atoms with E-state index in [2.05, 4.69) is 31.2 Å². The van der Waals surface area contributed by atoms with Gasteiger partial charge in [0, 0.05) is 24.7 Å². The van der Waals surface area contributed by atoms with Crippen molar-refractivity contribution in [1.82, 2.24) is 4.31 Å². The Morgan fingerprint density at radius 3 is 2.50 bits per heavy atom. The van der Waals surface area contributed by atoms with E-state index in [4.69, 9.17) is 4.74 Å². The molecule has 1 fully saturated rings. The minimum Gasteiger partial charge on any atom is -0.481 e. The van der Waals surface area contributed by atoms with Gasteiger partial charge in [-0.15, -0.1) is 0 Å². The van der Waals surface area contributed by atoms with E-state index in [1.54, 1.807) is 11.9 Å². The minimum atomic E-state index is -0.711. The first kappa shape index (κ1) is 15.4. The maximum absolute atomic E-state index is 11.6. The van der Waals surface area contributed by atoms with Crippen molar-refractivity contribution in [2.24, 2.45) is 5.41 Å². The first-order valence-electron chi connectivity index (χ1n) is 6.79. The van der Waals surface area contributed by atoms with Crippen molar-refractivity contribution in [3.63, 3.8) is 0 Å². The second kappa shape index (κ2) is 6.61. The summed E-state index contributed by atoms with van der Waals surface area (Å²) >= 11 is 1.59. The van der Waals surface area contributed by atoms with Crippen molar-refractivity contribution in [3.05, 3.63) is 29.8 Å². The molecule has 5 heteroatoms. The molecule has 0 amide bonds. The molecule has 0 aliphatic carbocycles. The van der Waals surface area contributed by atoms with Crippen LogP contribution < -0.4 is 0 Å². The number of rotatable bonds is 5. The van der Waals surface area contributed by atoms with Crippen molar-refractivity contribution in [3.8, 4) is 0 Å². The molecule has 2 rings (SSSR count). The predicted molar refractivity (Wildman–Crippen MR) is 79.8 cm³/mol. The summed E-state index contributed by atoms with van der Waals surface area (Å²) in [6, 6.07) is 8.26. The number of carboxylic acids is 1. The number of hydrogen-bond acceptors (Lipinski definition) is 4. The van der Waals surface area contributed by atoms with E-state index >= 15 is 0 Å². The lowest BCUT2D eigenvalue weighted by Crippen LogP contribution is -2.44. The van der Waals surface area contributed by atoms with Crippen LogP contribution in [0.15, 0.2) is 29.2 Å². The van der Waals surface area contributed by atoms with Crippen molar-refractivity contribution >= 4 is 17.9 Å². The quantitative estimate of drug-likeness (QED) is 0.847. The summed E-state index contributed by atoms with van der Waals surface area (Å²) < 4.78 is 7.32. The molecule has 4 nitrogen and oxygen atoms in total. The van der Waals surface area contributed by atoms with Crippen molar-refractivity contribution in [2.45, 2.75) is 24.7 Å². The van der Waals surface area contributed by atoms with Crippen LogP contribution in [0.5, 0.6) is 0 Å². The highest BCUT2D eigenvalue weighted by molar-refractivity contribution is 7.97. The number of ether oxygens (including phenoxy) is 1. The fraction of sp³-hybridized carbons (Fsp3) is 0.533. The van der Waals surface area contributed by atoms with E-state index < -0.39 is 11.4 Å². The maximum Gasteiger partial charge on any atom is 0.311 e. The third kappa shape index (κ3) is 3.75. The lowest BCUT2D eigenvalue weighted by Gasteiger charge is -2.35. The number of aryl methyl sites for hydroxylation is 1. The molecule has 1 aromatic carbocycles. The highest BCUT2D eigenvalue weighted by Crippen LogP contribution is 2.34. The zero-order valence-electron chi connectivity index (χ0n) is 12.0. The molecule has 1 aliphatic heterocycles. The van der Waals surface area contributed by atoms with Crippen LogP contribution >= 0.6 is 11.9 Å². The van der Waals surface area contributed by atoms with Crippen LogP contribution in [-0.4, -0.2) is 42.2 Å². The molecular weight excluding hydrogens is 274 g/mol. The molecule has 1 aliphatic rings. The molecule has 0 unspecified atom stereocenters. The fourth-order valence-electron chi connectivity index (χ4n) is 2.44. The maximum atomic E-state index is 11.6. The highest BCUT2D eigenvalue weighted by Gasteiger charge is 2.41. The van der Waals surface area contributed by atoms with Crippen molar-refractivity contribution in [1.29, 1.82) is 0 Å². The Hall–Kier alpha value is -1.04. The van der Waals surface area contributed by atoms with Gasteiger partial charge in [0.2, 0.25) is 0 Å². The average molecular weight is 295 g/mol. The Morgan fingerprint density at radius 2 is 1.95 bits per heavy atom. The summed E-state index contributed by atoms with van der Waals surface area (Å²) in [5, 5.41) is 9.55. The van der Waals surface area contributed by atoms with Gasteiger partial charge >= 0.3 is 5.97 Å². The summed E-state index contributed by atoms with van der Waals surface area (Å²) in [7, 11) is 1.95. The zero-order valence-corrected chi connectivity index (χ0v) is 12.8. The second-order valence-corrected chi connectivity index (χ2v) is 6.67. The van der Waals surface area contributed by atoms with Gasteiger partial charge in [0.15, 0.2) is 0 Å². The Kier molecular flexibility index (Phi) is 5.07. The van der Waals surface area contributed by atoms with Crippen LogP contribution in [0.4, 0.5) is 0 Å². The summed E-state index contributed by atoms with van der Waals surface area (Å²) in [6.45, 7) is 3.66. The van der Waals surface area contributed by atoms with Gasteiger partial charge in [-0.2, -0.15) is 0 Å². The Morgan fingerprint density at radius 1 is 1.35 bits per heavy atom. The molecule has 1 saturated heterocycles. The van der Waals surface area contributed by atoms with Crippen LogP contribution in [0.25, 0.3) is 0 Å². The van der Waals surface area contributed by atoms with Crippen LogP contribution in [-0.2, 0) is 9.53 Å². The molecule has 0 saturated carbocycles. The van der Waals surface area contributed by atoms with Crippen LogP contribution in [0.2, 0.25) is 0 Å². The fourth-order valence-corrected chi connectivity index (χ4v) is 3.37. The summed E-state index contributed by atoms with van der Waals surface area (Å²) in [4.78, 5) is 12.7. The lowest BCUT2D eigenvalue weighted by molar-refractivity contribution is -0.155. The van der Waals surface area contributed by atoms with Crippen LogP contribution in [0, 0.1) is 12.3 Å². The number of nitrogens with zero attached hydrogens (tertiary/aromatic N) is 1. The predicted octanol–water partition coefficient (Wildman–Crippen LogP) is 2.82. The molecule has 1 heterocycles. The van der Waals surface area contributed by atoms with Crippen LogP contribution in [0.1, 0.15) is 18.4 Å². The third-order valence-corrected chi connectivity index (χ3v) is 4.63. The molecule has 1 N–H and O–H groups in total. The molecule has 0 atom stereocenters. The normalized spacial score (nSPS) is 18.1. The molecular formula is C15H21NO3S. The Bertz CT molecular complexity index is 455. The van der Waals surface area contributed by atoms with Gasteiger partial charge < -0.3 is 9.84 Å². The first-order valence-corrected chi connectivity index (χ1v) is 7.56. The monoisotopic (exact) mass is 295 g/mol. The molecule has 0 radical (unpaired) electrons. The molecule has 0 bridgehead atoms. The molecule has 0 spiro atoms. The lowest BCUT2D eigenvalue weighted by atomic mass is 9.80. The van der Waals surface area contributed by atoms with Crippen molar-refractivity contribution < 1.29 is 14.6 Å². The molecule has 0 aromatic heterocycles. The summed E-state index contributed by atoms with van der Waals surface area (Å²) in [5.74, 6) is -0.711. The molecule has 110 valence electrons. The highest BCUT2D eigenvalue weighted by atomic mass is 32.2.